The van der Waals surface area contributed by atoms with Gasteiger partial charge in [-0.05, 0) is 30.9 Å². The molecule has 1 aliphatic carbocycles. The maximum Gasteiger partial charge on any atom is 0.128 e. The number of thiocarbonyl (C=S) groups is 1. The molecule has 2 heterocycles. The van der Waals surface area contributed by atoms with Gasteiger partial charge < -0.3 is 15.4 Å². The smallest absolute Gasteiger partial charge is 0.128 e. The molecule has 3 rings (SSSR count). The Morgan fingerprint density at radius 3 is 3.17 bits per heavy atom. The van der Waals surface area contributed by atoms with Gasteiger partial charge >= 0.3 is 0 Å². The molecule has 0 spiro atoms. The van der Waals surface area contributed by atoms with Crippen LogP contribution in [0, 0.1) is 0 Å². The molecule has 1 unspecified atom stereocenters. The van der Waals surface area contributed by atoms with E-state index in [9.17, 15) is 0 Å². The molecule has 2 aliphatic rings. The first-order valence-electron chi connectivity index (χ1n) is 6.39. The van der Waals surface area contributed by atoms with E-state index in [0.29, 0.717) is 18.1 Å². The Bertz CT molecular complexity index is 477. The zero-order valence-corrected chi connectivity index (χ0v) is 11.1. The molecule has 18 heavy (non-hydrogen) atoms. The number of hydrogen-bond donors (Lipinski definition) is 1. The molecule has 0 bridgehead atoms. The standard InChI is InChI=1S/C13H17N3OS/c14-13(18)11-8-16(6-7-17-11)12-5-4-9-2-1-3-10(9)15-12/h4-5,11H,1-3,6-8H2,(H2,14,18). The largest absolute Gasteiger partial charge is 0.391 e. The van der Waals surface area contributed by atoms with Crippen LogP contribution in [-0.2, 0) is 17.6 Å². The Hall–Kier alpha value is -1.20. The summed E-state index contributed by atoms with van der Waals surface area (Å²) in [7, 11) is 0. The van der Waals surface area contributed by atoms with Crippen molar-refractivity contribution in [1.82, 2.24) is 4.98 Å². The number of aromatic nitrogens is 1. The number of aryl methyl sites for hydroxylation is 2. The molecule has 0 amide bonds. The lowest BCUT2D eigenvalue weighted by atomic mass is 10.2. The molecule has 5 heteroatoms. The van der Waals surface area contributed by atoms with E-state index in [1.165, 1.54) is 24.1 Å². The third-order valence-electron chi connectivity index (χ3n) is 3.62. The van der Waals surface area contributed by atoms with Gasteiger partial charge in [0, 0.05) is 12.2 Å². The molecular formula is C13H17N3OS. The fourth-order valence-electron chi connectivity index (χ4n) is 2.61. The third kappa shape index (κ3) is 2.20. The summed E-state index contributed by atoms with van der Waals surface area (Å²) < 4.78 is 5.55. The molecule has 0 radical (unpaired) electrons. The topological polar surface area (TPSA) is 51.4 Å². The van der Waals surface area contributed by atoms with E-state index in [-0.39, 0.29) is 6.10 Å². The van der Waals surface area contributed by atoms with Gasteiger partial charge in [-0.1, -0.05) is 18.3 Å². The Kier molecular flexibility index (Phi) is 3.18. The molecule has 1 aromatic heterocycles. The molecule has 1 atom stereocenters. The lowest BCUT2D eigenvalue weighted by Gasteiger charge is -2.33. The molecule has 1 aliphatic heterocycles. The monoisotopic (exact) mass is 263 g/mol. The number of anilines is 1. The van der Waals surface area contributed by atoms with Crippen molar-refractivity contribution in [2.45, 2.75) is 25.4 Å². The van der Waals surface area contributed by atoms with E-state index in [0.717, 1.165) is 18.8 Å². The first kappa shape index (κ1) is 11.9. The highest BCUT2D eigenvalue weighted by Gasteiger charge is 2.24. The minimum atomic E-state index is -0.149. The molecule has 2 N–H and O–H groups in total. The van der Waals surface area contributed by atoms with E-state index in [1.54, 1.807) is 0 Å². The second-order valence-corrected chi connectivity index (χ2v) is 5.31. The second kappa shape index (κ2) is 4.82. The second-order valence-electron chi connectivity index (χ2n) is 4.84. The first-order valence-corrected chi connectivity index (χ1v) is 6.79. The van der Waals surface area contributed by atoms with Crippen molar-refractivity contribution >= 4 is 23.0 Å². The van der Waals surface area contributed by atoms with Crippen molar-refractivity contribution in [3.05, 3.63) is 23.4 Å². The Morgan fingerprint density at radius 1 is 1.44 bits per heavy atom. The maximum absolute atomic E-state index is 5.66. The SMILES string of the molecule is NC(=S)C1CN(c2ccc3c(n2)CCC3)CCO1. The maximum atomic E-state index is 5.66. The predicted octanol–water partition coefficient (Wildman–Crippen LogP) is 1.06. The van der Waals surface area contributed by atoms with Crippen LogP contribution in [-0.4, -0.2) is 35.8 Å². The number of pyridine rings is 1. The van der Waals surface area contributed by atoms with E-state index in [1.807, 2.05) is 0 Å². The molecule has 1 saturated heterocycles. The van der Waals surface area contributed by atoms with Gasteiger partial charge in [0.2, 0.25) is 0 Å². The van der Waals surface area contributed by atoms with Crippen molar-refractivity contribution in [3.63, 3.8) is 0 Å². The van der Waals surface area contributed by atoms with Crippen LogP contribution in [0.3, 0.4) is 0 Å². The van der Waals surface area contributed by atoms with Crippen LogP contribution in [0.2, 0.25) is 0 Å². The van der Waals surface area contributed by atoms with Crippen LogP contribution in [0.4, 0.5) is 5.82 Å². The quantitative estimate of drug-likeness (QED) is 0.809. The normalized spacial score (nSPS) is 22.9. The fourth-order valence-corrected chi connectivity index (χ4v) is 2.76. The Balaban J connectivity index is 1.80. The number of fused-ring (bicyclic) bond motifs is 1. The molecule has 0 saturated carbocycles. The van der Waals surface area contributed by atoms with Gasteiger partial charge in [0.1, 0.15) is 16.9 Å². The molecule has 96 valence electrons. The van der Waals surface area contributed by atoms with Crippen molar-refractivity contribution in [2.24, 2.45) is 5.73 Å². The summed E-state index contributed by atoms with van der Waals surface area (Å²) in [5.74, 6) is 1.03. The zero-order valence-electron chi connectivity index (χ0n) is 10.3. The summed E-state index contributed by atoms with van der Waals surface area (Å²) in [4.78, 5) is 7.40. The van der Waals surface area contributed by atoms with Crippen LogP contribution in [0.25, 0.3) is 0 Å². The van der Waals surface area contributed by atoms with Gasteiger partial charge in [-0.15, -0.1) is 0 Å². The number of nitrogens with zero attached hydrogens (tertiary/aromatic N) is 2. The van der Waals surface area contributed by atoms with E-state index >= 15 is 0 Å². The van der Waals surface area contributed by atoms with Crippen LogP contribution in [0.1, 0.15) is 17.7 Å². The summed E-state index contributed by atoms with van der Waals surface area (Å²) >= 11 is 5.00. The number of ether oxygens (including phenoxy) is 1. The third-order valence-corrected chi connectivity index (χ3v) is 3.88. The highest BCUT2D eigenvalue weighted by atomic mass is 32.1. The Labute approximate surface area is 112 Å². The molecule has 1 aromatic rings. The minimum absolute atomic E-state index is 0.149. The molecule has 0 aromatic carbocycles. The average molecular weight is 263 g/mol. The zero-order chi connectivity index (χ0) is 12.5. The predicted molar refractivity (Wildman–Crippen MR) is 75.0 cm³/mol. The van der Waals surface area contributed by atoms with Gasteiger partial charge in [-0.2, -0.15) is 0 Å². The van der Waals surface area contributed by atoms with E-state index in [4.69, 9.17) is 27.7 Å². The van der Waals surface area contributed by atoms with Gasteiger partial charge in [0.15, 0.2) is 0 Å². The lowest BCUT2D eigenvalue weighted by molar-refractivity contribution is 0.0844. The van der Waals surface area contributed by atoms with Gasteiger partial charge in [-0.3, -0.25) is 0 Å². The Morgan fingerprint density at radius 2 is 2.33 bits per heavy atom. The highest BCUT2D eigenvalue weighted by molar-refractivity contribution is 7.80. The van der Waals surface area contributed by atoms with Crippen molar-refractivity contribution < 1.29 is 4.74 Å². The van der Waals surface area contributed by atoms with E-state index < -0.39 is 0 Å². The van der Waals surface area contributed by atoms with E-state index in [2.05, 4.69) is 17.0 Å². The molecule has 4 nitrogen and oxygen atoms in total. The summed E-state index contributed by atoms with van der Waals surface area (Å²) in [5.41, 5.74) is 8.31. The number of morpholine rings is 1. The first-order chi connectivity index (χ1) is 8.74. The van der Waals surface area contributed by atoms with Crippen LogP contribution >= 0.6 is 12.2 Å². The van der Waals surface area contributed by atoms with Crippen molar-refractivity contribution in [3.8, 4) is 0 Å². The van der Waals surface area contributed by atoms with Crippen LogP contribution in [0.5, 0.6) is 0 Å². The average Bonchev–Trinajstić information content (AvgIpc) is 2.86. The number of rotatable bonds is 2. The number of hydrogen-bond acceptors (Lipinski definition) is 4. The van der Waals surface area contributed by atoms with Gasteiger partial charge in [0.05, 0.1) is 13.2 Å². The van der Waals surface area contributed by atoms with Crippen LogP contribution < -0.4 is 10.6 Å². The summed E-state index contributed by atoms with van der Waals surface area (Å²) in [5, 5.41) is 0. The summed E-state index contributed by atoms with van der Waals surface area (Å²) in [6.45, 7) is 2.22. The highest BCUT2D eigenvalue weighted by Crippen LogP contribution is 2.24. The summed E-state index contributed by atoms with van der Waals surface area (Å²) in [6.07, 6.45) is 3.35. The summed E-state index contributed by atoms with van der Waals surface area (Å²) in [6, 6.07) is 4.31. The van der Waals surface area contributed by atoms with Crippen LogP contribution in [0.15, 0.2) is 12.1 Å². The minimum Gasteiger partial charge on any atom is -0.391 e. The molecule has 1 fully saturated rings. The molecular weight excluding hydrogens is 246 g/mol. The van der Waals surface area contributed by atoms with Gasteiger partial charge in [-0.25, -0.2) is 4.98 Å². The fraction of sp³-hybridized carbons (Fsp3) is 0.538. The number of nitrogens with two attached hydrogens (primary N) is 1. The van der Waals surface area contributed by atoms with Crippen molar-refractivity contribution in [2.75, 3.05) is 24.6 Å². The van der Waals surface area contributed by atoms with Crippen molar-refractivity contribution in [1.29, 1.82) is 0 Å². The van der Waals surface area contributed by atoms with Gasteiger partial charge in [0.25, 0.3) is 0 Å². The lowest BCUT2D eigenvalue weighted by Crippen LogP contribution is -2.48.